The molecule has 1 aromatic carbocycles. The molecule has 0 radical (unpaired) electrons. The lowest BCUT2D eigenvalue weighted by molar-refractivity contribution is 0.577. The molecule has 21 heavy (non-hydrogen) atoms. The maximum Gasteiger partial charge on any atom is 0.0674 e. The number of aryl methyl sites for hydroxylation is 2. The van der Waals surface area contributed by atoms with Crippen LogP contribution in [0.1, 0.15) is 49.7 Å². The average Bonchev–Trinajstić information content (AvgIpc) is 2.76. The van der Waals surface area contributed by atoms with Crippen molar-refractivity contribution in [2.75, 3.05) is 7.05 Å². The molecule has 0 aliphatic heterocycles. The van der Waals surface area contributed by atoms with Gasteiger partial charge < -0.3 is 5.32 Å². The topological polar surface area (TPSA) is 29.9 Å². The first-order valence-corrected chi connectivity index (χ1v) is 7.93. The molecule has 114 valence electrons. The summed E-state index contributed by atoms with van der Waals surface area (Å²) >= 11 is 0. The van der Waals surface area contributed by atoms with Crippen LogP contribution in [0.5, 0.6) is 0 Å². The molecule has 1 heterocycles. The molecule has 1 N–H and O–H groups in total. The van der Waals surface area contributed by atoms with Crippen molar-refractivity contribution < 1.29 is 0 Å². The van der Waals surface area contributed by atoms with E-state index in [0.717, 1.165) is 25.1 Å². The van der Waals surface area contributed by atoms with Gasteiger partial charge in [0, 0.05) is 23.8 Å². The highest BCUT2D eigenvalue weighted by Crippen LogP contribution is 2.29. The Labute approximate surface area is 128 Å². The second-order valence-corrected chi connectivity index (χ2v) is 5.64. The average molecular weight is 285 g/mol. The molecule has 1 aromatic heterocycles. The van der Waals surface area contributed by atoms with E-state index in [1.165, 1.54) is 22.4 Å². The zero-order chi connectivity index (χ0) is 15.4. The van der Waals surface area contributed by atoms with Crippen LogP contribution < -0.4 is 5.32 Å². The van der Waals surface area contributed by atoms with Crippen LogP contribution in [-0.2, 0) is 6.54 Å². The molecule has 2 aromatic rings. The first kappa shape index (κ1) is 15.8. The number of hydrogen-bond acceptors (Lipinski definition) is 2. The van der Waals surface area contributed by atoms with Crippen LogP contribution in [0.2, 0.25) is 0 Å². The highest BCUT2D eigenvalue weighted by Gasteiger charge is 2.14. The van der Waals surface area contributed by atoms with Crippen molar-refractivity contribution in [1.29, 1.82) is 0 Å². The molecular formula is C18H27N3. The van der Waals surface area contributed by atoms with Gasteiger partial charge in [-0.25, -0.2) is 0 Å². The molecule has 0 saturated heterocycles. The zero-order valence-corrected chi connectivity index (χ0v) is 13.9. The quantitative estimate of drug-likeness (QED) is 0.860. The summed E-state index contributed by atoms with van der Waals surface area (Å²) in [5.74, 6) is 0. The Hall–Kier alpha value is -1.61. The van der Waals surface area contributed by atoms with Gasteiger partial charge in [0.05, 0.1) is 5.69 Å². The van der Waals surface area contributed by atoms with Gasteiger partial charge in [0.1, 0.15) is 0 Å². The van der Waals surface area contributed by atoms with Gasteiger partial charge in [-0.15, -0.1) is 0 Å². The SMILES string of the molecule is CCCn1nc(C)c(-c2cccc(C(CC)NC)c2)c1C. The summed E-state index contributed by atoms with van der Waals surface area (Å²) < 4.78 is 2.13. The van der Waals surface area contributed by atoms with Gasteiger partial charge >= 0.3 is 0 Å². The van der Waals surface area contributed by atoms with Crippen molar-refractivity contribution in [3.8, 4) is 11.1 Å². The third-order valence-corrected chi connectivity index (χ3v) is 4.15. The summed E-state index contributed by atoms with van der Waals surface area (Å²) in [4.78, 5) is 0. The van der Waals surface area contributed by atoms with Crippen molar-refractivity contribution >= 4 is 0 Å². The van der Waals surface area contributed by atoms with Crippen molar-refractivity contribution in [3.63, 3.8) is 0 Å². The molecule has 1 atom stereocenters. The molecule has 0 fully saturated rings. The maximum absolute atomic E-state index is 4.69. The fourth-order valence-corrected chi connectivity index (χ4v) is 3.06. The molecule has 0 bridgehead atoms. The van der Waals surface area contributed by atoms with Gasteiger partial charge in [-0.2, -0.15) is 5.10 Å². The highest BCUT2D eigenvalue weighted by atomic mass is 15.3. The third kappa shape index (κ3) is 3.18. The minimum atomic E-state index is 0.413. The summed E-state index contributed by atoms with van der Waals surface area (Å²) in [5, 5.41) is 8.07. The van der Waals surface area contributed by atoms with E-state index in [-0.39, 0.29) is 0 Å². The van der Waals surface area contributed by atoms with E-state index in [4.69, 9.17) is 5.10 Å². The van der Waals surface area contributed by atoms with Crippen LogP contribution in [0.4, 0.5) is 0 Å². The number of benzene rings is 1. The minimum Gasteiger partial charge on any atom is -0.313 e. The van der Waals surface area contributed by atoms with E-state index in [0.29, 0.717) is 6.04 Å². The maximum atomic E-state index is 4.69. The lowest BCUT2D eigenvalue weighted by Gasteiger charge is -2.15. The molecule has 3 nitrogen and oxygen atoms in total. The second kappa shape index (κ2) is 6.90. The van der Waals surface area contributed by atoms with Gasteiger partial charge in [-0.3, -0.25) is 4.68 Å². The minimum absolute atomic E-state index is 0.413. The van der Waals surface area contributed by atoms with Crippen LogP contribution in [-0.4, -0.2) is 16.8 Å². The molecule has 3 heteroatoms. The van der Waals surface area contributed by atoms with Crippen molar-refractivity contribution in [2.45, 2.75) is 53.1 Å². The van der Waals surface area contributed by atoms with Crippen LogP contribution in [0.25, 0.3) is 11.1 Å². The fourth-order valence-electron chi connectivity index (χ4n) is 3.06. The van der Waals surface area contributed by atoms with Crippen LogP contribution >= 0.6 is 0 Å². The molecule has 1 unspecified atom stereocenters. The standard InChI is InChI=1S/C18H27N3/c1-6-11-21-14(4)18(13(3)20-21)16-10-8-9-15(12-16)17(7-2)19-5/h8-10,12,17,19H,6-7,11H2,1-5H3. The predicted octanol–water partition coefficient (Wildman–Crippen LogP) is 4.25. The van der Waals surface area contributed by atoms with Crippen molar-refractivity contribution in [2.24, 2.45) is 0 Å². The molecule has 0 amide bonds. The molecular weight excluding hydrogens is 258 g/mol. The summed E-state index contributed by atoms with van der Waals surface area (Å²) in [6.07, 6.45) is 2.20. The number of rotatable bonds is 6. The number of hydrogen-bond donors (Lipinski definition) is 1. The summed E-state index contributed by atoms with van der Waals surface area (Å²) in [7, 11) is 2.02. The van der Waals surface area contributed by atoms with Gasteiger partial charge in [-0.05, 0) is 50.9 Å². The Bertz CT molecular complexity index is 595. The van der Waals surface area contributed by atoms with Crippen molar-refractivity contribution in [3.05, 3.63) is 41.2 Å². The Morgan fingerprint density at radius 1 is 1.24 bits per heavy atom. The summed E-state index contributed by atoms with van der Waals surface area (Å²) in [6.45, 7) is 9.67. The normalized spacial score (nSPS) is 12.6. The molecule has 0 spiro atoms. The fraction of sp³-hybridized carbons (Fsp3) is 0.500. The van der Waals surface area contributed by atoms with E-state index >= 15 is 0 Å². The van der Waals surface area contributed by atoms with E-state index in [2.05, 4.69) is 62.0 Å². The van der Waals surface area contributed by atoms with Crippen LogP contribution in [0.3, 0.4) is 0 Å². The molecule has 0 aliphatic carbocycles. The first-order chi connectivity index (χ1) is 10.1. The number of nitrogens with zero attached hydrogens (tertiary/aromatic N) is 2. The van der Waals surface area contributed by atoms with E-state index < -0.39 is 0 Å². The Kier molecular flexibility index (Phi) is 5.18. The lowest BCUT2D eigenvalue weighted by Crippen LogP contribution is -2.15. The van der Waals surface area contributed by atoms with Crippen molar-refractivity contribution in [1.82, 2.24) is 15.1 Å². The van der Waals surface area contributed by atoms with Gasteiger partial charge in [-0.1, -0.05) is 32.0 Å². The molecule has 0 aliphatic rings. The Morgan fingerprint density at radius 2 is 2.00 bits per heavy atom. The summed E-state index contributed by atoms with van der Waals surface area (Å²) in [6, 6.07) is 9.27. The van der Waals surface area contributed by atoms with Crippen LogP contribution in [0.15, 0.2) is 24.3 Å². The lowest BCUT2D eigenvalue weighted by atomic mass is 9.97. The van der Waals surface area contributed by atoms with Crippen LogP contribution in [0, 0.1) is 13.8 Å². The smallest absolute Gasteiger partial charge is 0.0674 e. The Balaban J connectivity index is 2.45. The van der Waals surface area contributed by atoms with E-state index in [9.17, 15) is 0 Å². The van der Waals surface area contributed by atoms with Gasteiger partial charge in [0.2, 0.25) is 0 Å². The largest absolute Gasteiger partial charge is 0.313 e. The monoisotopic (exact) mass is 285 g/mol. The van der Waals surface area contributed by atoms with Gasteiger partial charge in [0.15, 0.2) is 0 Å². The van der Waals surface area contributed by atoms with Gasteiger partial charge in [0.25, 0.3) is 0 Å². The first-order valence-electron chi connectivity index (χ1n) is 7.93. The third-order valence-electron chi connectivity index (χ3n) is 4.15. The van der Waals surface area contributed by atoms with E-state index in [1.54, 1.807) is 0 Å². The predicted molar refractivity (Wildman–Crippen MR) is 89.5 cm³/mol. The van der Waals surface area contributed by atoms with E-state index in [1.807, 2.05) is 7.05 Å². The Morgan fingerprint density at radius 3 is 2.62 bits per heavy atom. The zero-order valence-electron chi connectivity index (χ0n) is 13.9. The number of nitrogens with one attached hydrogen (secondary N) is 1. The number of aromatic nitrogens is 2. The molecule has 0 saturated carbocycles. The summed E-state index contributed by atoms with van der Waals surface area (Å²) in [5.41, 5.74) is 6.30. The second-order valence-electron chi connectivity index (χ2n) is 5.64. The highest BCUT2D eigenvalue weighted by molar-refractivity contribution is 5.69. The molecule has 2 rings (SSSR count).